The van der Waals surface area contributed by atoms with Gasteiger partial charge in [0.05, 0.1) is 6.10 Å². The van der Waals surface area contributed by atoms with E-state index in [4.69, 9.17) is 4.74 Å². The average Bonchev–Trinajstić information content (AvgIpc) is 3.07. The average molecular weight is 385 g/mol. The molecule has 0 saturated heterocycles. The molecule has 2 aliphatic rings. The largest absolute Gasteiger partial charge is 0.448 e. The molecule has 0 aromatic heterocycles. The Morgan fingerprint density at radius 1 is 0.931 bits per heavy atom. The van der Waals surface area contributed by atoms with Crippen LogP contribution < -0.4 is 5.32 Å². The lowest BCUT2D eigenvalue weighted by Crippen LogP contribution is -2.20. The number of ether oxygens (including phenoxy) is 1. The van der Waals surface area contributed by atoms with Crippen LogP contribution in [0.5, 0.6) is 0 Å². The van der Waals surface area contributed by atoms with E-state index in [0.29, 0.717) is 0 Å². The maximum atomic E-state index is 12.6. The molecule has 4 heteroatoms. The Hall–Kier alpha value is -3.11. The molecule has 3 aromatic rings. The summed E-state index contributed by atoms with van der Waals surface area (Å²) in [6, 6.07) is 22.3. The lowest BCUT2D eigenvalue weighted by molar-refractivity contribution is 0.155. The van der Waals surface area contributed by atoms with Crippen LogP contribution in [0.15, 0.2) is 66.7 Å². The third-order valence-corrected chi connectivity index (χ3v) is 6.06. The molecular weight excluding hydrogens is 362 g/mol. The van der Waals surface area contributed by atoms with Crippen LogP contribution in [0.1, 0.15) is 47.1 Å². The van der Waals surface area contributed by atoms with Crippen molar-refractivity contribution in [1.82, 2.24) is 0 Å². The Labute approximate surface area is 170 Å². The molecule has 0 spiro atoms. The van der Waals surface area contributed by atoms with Crippen molar-refractivity contribution in [1.29, 1.82) is 0 Å². The smallest absolute Gasteiger partial charge is 0.411 e. The lowest BCUT2D eigenvalue weighted by Gasteiger charge is -2.24. The van der Waals surface area contributed by atoms with Gasteiger partial charge in [0.25, 0.3) is 0 Å². The van der Waals surface area contributed by atoms with E-state index in [1.54, 1.807) is 0 Å². The second-order valence-electron chi connectivity index (χ2n) is 7.73. The molecule has 5 rings (SSSR count). The maximum absolute atomic E-state index is 12.6. The number of aliphatic hydroxyl groups is 1. The summed E-state index contributed by atoms with van der Waals surface area (Å²) in [5.74, 6) is 0.0414. The second kappa shape index (κ2) is 7.37. The SMILES string of the molecule is O=C(Nc1cccc2c1CCCC2O)OCC1c2ccccc2-c2ccccc21. The highest BCUT2D eigenvalue weighted by molar-refractivity contribution is 5.86. The third kappa shape index (κ3) is 3.19. The van der Waals surface area contributed by atoms with Crippen molar-refractivity contribution in [3.8, 4) is 11.1 Å². The predicted molar refractivity (Wildman–Crippen MR) is 113 cm³/mol. The highest BCUT2D eigenvalue weighted by atomic mass is 16.5. The zero-order valence-corrected chi connectivity index (χ0v) is 16.1. The number of anilines is 1. The molecule has 146 valence electrons. The van der Waals surface area contributed by atoms with Gasteiger partial charge in [-0.3, -0.25) is 5.32 Å². The van der Waals surface area contributed by atoms with Gasteiger partial charge in [0.15, 0.2) is 0 Å². The molecule has 0 heterocycles. The molecule has 29 heavy (non-hydrogen) atoms. The fourth-order valence-corrected chi connectivity index (χ4v) is 4.69. The number of aliphatic hydroxyl groups excluding tert-OH is 1. The van der Waals surface area contributed by atoms with E-state index in [1.165, 1.54) is 22.3 Å². The molecule has 0 aliphatic heterocycles. The van der Waals surface area contributed by atoms with E-state index < -0.39 is 12.2 Å². The lowest BCUT2D eigenvalue weighted by atomic mass is 9.88. The van der Waals surface area contributed by atoms with Crippen molar-refractivity contribution in [2.45, 2.75) is 31.3 Å². The Kier molecular flexibility index (Phi) is 4.57. The van der Waals surface area contributed by atoms with Gasteiger partial charge >= 0.3 is 6.09 Å². The monoisotopic (exact) mass is 385 g/mol. The Balaban J connectivity index is 1.33. The maximum Gasteiger partial charge on any atom is 0.411 e. The zero-order chi connectivity index (χ0) is 19.8. The Bertz CT molecular complexity index is 1030. The number of fused-ring (bicyclic) bond motifs is 4. The van der Waals surface area contributed by atoms with Crippen LogP contribution in [-0.2, 0) is 11.2 Å². The molecule has 2 N–H and O–H groups in total. The van der Waals surface area contributed by atoms with Gasteiger partial charge in [-0.1, -0.05) is 60.7 Å². The second-order valence-corrected chi connectivity index (χ2v) is 7.73. The van der Waals surface area contributed by atoms with Crippen LogP contribution in [0.2, 0.25) is 0 Å². The first-order valence-electron chi connectivity index (χ1n) is 10.1. The van der Waals surface area contributed by atoms with Crippen LogP contribution in [-0.4, -0.2) is 17.8 Å². The van der Waals surface area contributed by atoms with Crippen LogP contribution in [0.3, 0.4) is 0 Å². The molecule has 1 atom stereocenters. The van der Waals surface area contributed by atoms with Gasteiger partial charge < -0.3 is 9.84 Å². The molecule has 2 aliphatic carbocycles. The first-order chi connectivity index (χ1) is 14.2. The van der Waals surface area contributed by atoms with E-state index in [1.807, 2.05) is 42.5 Å². The molecule has 0 radical (unpaired) electrons. The van der Waals surface area contributed by atoms with Gasteiger partial charge in [0, 0.05) is 11.6 Å². The first-order valence-corrected chi connectivity index (χ1v) is 10.1. The number of amides is 1. The minimum Gasteiger partial charge on any atom is -0.448 e. The number of hydrogen-bond donors (Lipinski definition) is 2. The molecular formula is C25H23NO3. The number of benzene rings is 3. The van der Waals surface area contributed by atoms with E-state index >= 15 is 0 Å². The Morgan fingerprint density at radius 2 is 1.59 bits per heavy atom. The summed E-state index contributed by atoms with van der Waals surface area (Å²) < 4.78 is 5.65. The van der Waals surface area contributed by atoms with Gasteiger partial charge in [-0.15, -0.1) is 0 Å². The number of rotatable bonds is 3. The van der Waals surface area contributed by atoms with E-state index in [0.717, 1.165) is 36.1 Å². The molecule has 0 saturated carbocycles. The number of carbonyl (C=O) groups excluding carboxylic acids is 1. The zero-order valence-electron chi connectivity index (χ0n) is 16.1. The predicted octanol–water partition coefficient (Wildman–Crippen LogP) is 5.42. The molecule has 0 bridgehead atoms. The van der Waals surface area contributed by atoms with E-state index in [-0.39, 0.29) is 12.5 Å². The quantitative estimate of drug-likeness (QED) is 0.633. The number of nitrogens with one attached hydrogen (secondary N) is 1. The van der Waals surface area contributed by atoms with Crippen molar-refractivity contribution in [3.63, 3.8) is 0 Å². The fourth-order valence-electron chi connectivity index (χ4n) is 4.69. The van der Waals surface area contributed by atoms with Crippen LogP contribution in [0.4, 0.5) is 10.5 Å². The summed E-state index contributed by atoms with van der Waals surface area (Å²) in [5.41, 5.74) is 7.47. The fraction of sp³-hybridized carbons (Fsp3) is 0.240. The van der Waals surface area contributed by atoms with Gasteiger partial charge in [0.2, 0.25) is 0 Å². The topological polar surface area (TPSA) is 58.6 Å². The minimum absolute atomic E-state index is 0.0414. The highest BCUT2D eigenvalue weighted by Gasteiger charge is 2.29. The van der Waals surface area contributed by atoms with Crippen molar-refractivity contribution < 1.29 is 14.6 Å². The summed E-state index contributed by atoms with van der Waals surface area (Å²) in [4.78, 5) is 12.6. The van der Waals surface area contributed by atoms with Gasteiger partial charge in [0.1, 0.15) is 6.61 Å². The summed E-state index contributed by atoms with van der Waals surface area (Å²) in [5, 5.41) is 13.1. The van der Waals surface area contributed by atoms with Crippen molar-refractivity contribution in [2.24, 2.45) is 0 Å². The molecule has 3 aromatic carbocycles. The van der Waals surface area contributed by atoms with E-state index in [9.17, 15) is 9.90 Å². The van der Waals surface area contributed by atoms with Crippen molar-refractivity contribution in [2.75, 3.05) is 11.9 Å². The molecule has 1 amide bonds. The number of hydrogen-bond acceptors (Lipinski definition) is 3. The summed E-state index contributed by atoms with van der Waals surface area (Å²) >= 11 is 0. The summed E-state index contributed by atoms with van der Waals surface area (Å²) in [6.45, 7) is 0.289. The number of carbonyl (C=O) groups is 1. The third-order valence-electron chi connectivity index (χ3n) is 6.06. The minimum atomic E-state index is -0.458. The summed E-state index contributed by atoms with van der Waals surface area (Å²) in [6.07, 6.45) is 1.62. The van der Waals surface area contributed by atoms with Crippen LogP contribution >= 0.6 is 0 Å². The molecule has 0 fully saturated rings. The van der Waals surface area contributed by atoms with Crippen molar-refractivity contribution in [3.05, 3.63) is 89.0 Å². The highest BCUT2D eigenvalue weighted by Crippen LogP contribution is 2.44. The van der Waals surface area contributed by atoms with E-state index in [2.05, 4.69) is 29.6 Å². The van der Waals surface area contributed by atoms with Gasteiger partial charge in [-0.05, 0) is 58.7 Å². The normalized spacial score (nSPS) is 17.2. The summed E-state index contributed by atoms with van der Waals surface area (Å²) in [7, 11) is 0. The Morgan fingerprint density at radius 3 is 2.31 bits per heavy atom. The van der Waals surface area contributed by atoms with Gasteiger partial charge in [-0.2, -0.15) is 0 Å². The molecule has 4 nitrogen and oxygen atoms in total. The van der Waals surface area contributed by atoms with Crippen LogP contribution in [0.25, 0.3) is 11.1 Å². The first kappa shape index (κ1) is 18.0. The van der Waals surface area contributed by atoms with Crippen molar-refractivity contribution >= 4 is 11.8 Å². The van der Waals surface area contributed by atoms with Gasteiger partial charge in [-0.25, -0.2) is 4.79 Å². The molecule has 1 unspecified atom stereocenters. The van der Waals surface area contributed by atoms with Crippen LogP contribution in [0, 0.1) is 0 Å². The standard InChI is InChI=1S/C25H23NO3/c27-24-14-6-11-20-21(24)12-5-13-23(20)26-25(28)29-15-22-18-9-3-1-7-16(18)17-8-2-4-10-19(17)22/h1-5,7-10,12-13,22,24,27H,6,11,14-15H2,(H,26,28).